The summed E-state index contributed by atoms with van der Waals surface area (Å²) in [5.41, 5.74) is -1.65. The van der Waals surface area contributed by atoms with Crippen molar-refractivity contribution in [3.05, 3.63) is 0 Å². The summed E-state index contributed by atoms with van der Waals surface area (Å²) in [6.45, 7) is 3.77. The van der Waals surface area contributed by atoms with Crippen LogP contribution in [-0.2, 0) is 9.47 Å². The number of aliphatic hydroxyl groups is 1. The fourth-order valence-corrected chi connectivity index (χ4v) is 1.72. The van der Waals surface area contributed by atoms with Crippen molar-refractivity contribution in [1.82, 2.24) is 5.32 Å². The molecule has 0 aromatic rings. The van der Waals surface area contributed by atoms with Crippen LogP contribution in [0.25, 0.3) is 0 Å². The molecule has 17 heavy (non-hydrogen) atoms. The van der Waals surface area contributed by atoms with Gasteiger partial charge in [-0.2, -0.15) is 0 Å². The van der Waals surface area contributed by atoms with Crippen molar-refractivity contribution in [1.29, 1.82) is 0 Å². The summed E-state index contributed by atoms with van der Waals surface area (Å²) in [6.07, 6.45) is -5.44. The van der Waals surface area contributed by atoms with E-state index < -0.39 is 30.6 Å². The summed E-state index contributed by atoms with van der Waals surface area (Å²) < 4.78 is 45.1. The van der Waals surface area contributed by atoms with Gasteiger partial charge in [0.05, 0.1) is 13.2 Å². The van der Waals surface area contributed by atoms with Gasteiger partial charge < -0.3 is 15.2 Å². The van der Waals surface area contributed by atoms with Crippen molar-refractivity contribution >= 4 is 0 Å². The zero-order valence-electron chi connectivity index (χ0n) is 9.88. The summed E-state index contributed by atoms with van der Waals surface area (Å²) in [4.78, 5) is 0. The lowest BCUT2D eigenvalue weighted by atomic mass is 9.85. The van der Waals surface area contributed by atoms with Crippen molar-refractivity contribution in [3.63, 3.8) is 0 Å². The van der Waals surface area contributed by atoms with E-state index in [-0.39, 0.29) is 0 Å². The summed E-state index contributed by atoms with van der Waals surface area (Å²) in [5, 5.41) is 13.3. The molecule has 1 saturated heterocycles. The van der Waals surface area contributed by atoms with Gasteiger partial charge in [-0.3, -0.25) is 4.74 Å². The average Bonchev–Trinajstić information content (AvgIpc) is 2.26. The van der Waals surface area contributed by atoms with Crippen molar-refractivity contribution < 1.29 is 27.8 Å². The van der Waals surface area contributed by atoms with E-state index in [1.807, 2.05) is 0 Å². The minimum Gasteiger partial charge on any atom is -0.384 e. The first kappa shape index (κ1) is 14.7. The number of hydrogen-bond acceptors (Lipinski definition) is 4. The van der Waals surface area contributed by atoms with Gasteiger partial charge in [0.15, 0.2) is 0 Å². The van der Waals surface area contributed by atoms with Crippen LogP contribution in [0.1, 0.15) is 13.8 Å². The second kappa shape index (κ2) is 5.51. The molecule has 0 amide bonds. The van der Waals surface area contributed by atoms with Crippen LogP contribution in [0, 0.1) is 5.92 Å². The lowest BCUT2D eigenvalue weighted by Gasteiger charge is -2.41. The molecule has 102 valence electrons. The fraction of sp³-hybridized carbons (Fsp3) is 1.00. The molecule has 0 aliphatic carbocycles. The number of morpholine rings is 1. The van der Waals surface area contributed by atoms with Crippen LogP contribution in [0.2, 0.25) is 0 Å². The van der Waals surface area contributed by atoms with Crippen molar-refractivity contribution in [2.24, 2.45) is 5.92 Å². The smallest absolute Gasteiger partial charge is 0.384 e. The van der Waals surface area contributed by atoms with Gasteiger partial charge in [0.25, 0.3) is 0 Å². The SMILES string of the molecule is CC(C)C(O)(COC(F)(F)F)C1CNCCO1. The quantitative estimate of drug-likeness (QED) is 0.785. The van der Waals surface area contributed by atoms with Gasteiger partial charge >= 0.3 is 6.36 Å². The molecular formula is C10H18F3NO3. The van der Waals surface area contributed by atoms with E-state index in [1.165, 1.54) is 0 Å². The molecule has 4 nitrogen and oxygen atoms in total. The van der Waals surface area contributed by atoms with E-state index in [1.54, 1.807) is 13.8 Å². The average molecular weight is 257 g/mol. The van der Waals surface area contributed by atoms with E-state index in [2.05, 4.69) is 10.1 Å². The number of ether oxygens (including phenoxy) is 2. The Balaban J connectivity index is 2.67. The highest BCUT2D eigenvalue weighted by molar-refractivity contribution is 4.93. The number of alkyl halides is 3. The maximum atomic E-state index is 12.0. The third kappa shape index (κ3) is 4.09. The Hall–Kier alpha value is -0.370. The Morgan fingerprint density at radius 2 is 2.12 bits per heavy atom. The molecule has 0 spiro atoms. The second-order valence-electron chi connectivity index (χ2n) is 4.44. The van der Waals surface area contributed by atoms with Crippen molar-refractivity contribution in [2.45, 2.75) is 31.9 Å². The molecule has 0 bridgehead atoms. The Morgan fingerprint density at radius 1 is 1.47 bits per heavy atom. The molecule has 7 heteroatoms. The minimum atomic E-state index is -4.75. The van der Waals surface area contributed by atoms with Crippen LogP contribution in [0.5, 0.6) is 0 Å². The molecule has 0 aromatic carbocycles. The molecule has 1 rings (SSSR count). The van der Waals surface area contributed by atoms with Crippen molar-refractivity contribution in [2.75, 3.05) is 26.3 Å². The monoisotopic (exact) mass is 257 g/mol. The highest BCUT2D eigenvalue weighted by Crippen LogP contribution is 2.28. The van der Waals surface area contributed by atoms with E-state index in [0.29, 0.717) is 19.7 Å². The standard InChI is InChI=1S/C10H18F3NO3/c1-7(2)9(15,6-17-10(11,12)13)8-5-14-3-4-16-8/h7-8,14-15H,3-6H2,1-2H3. The molecule has 1 fully saturated rings. The Labute approximate surface area is 98.1 Å². The van der Waals surface area contributed by atoms with Gasteiger partial charge in [0, 0.05) is 13.1 Å². The zero-order chi connectivity index (χ0) is 13.1. The molecule has 1 aliphatic rings. The van der Waals surface area contributed by atoms with Gasteiger partial charge in [0.1, 0.15) is 11.7 Å². The number of hydrogen-bond donors (Lipinski definition) is 2. The first-order valence-electron chi connectivity index (χ1n) is 5.51. The third-order valence-corrected chi connectivity index (χ3v) is 2.95. The first-order chi connectivity index (χ1) is 7.76. The minimum absolute atomic E-state index is 0.315. The van der Waals surface area contributed by atoms with E-state index in [4.69, 9.17) is 4.74 Å². The van der Waals surface area contributed by atoms with E-state index >= 15 is 0 Å². The van der Waals surface area contributed by atoms with Crippen LogP contribution in [-0.4, -0.2) is 49.5 Å². The fourth-order valence-electron chi connectivity index (χ4n) is 1.72. The van der Waals surface area contributed by atoms with E-state index in [9.17, 15) is 18.3 Å². The predicted octanol–water partition coefficient (Wildman–Crippen LogP) is 0.898. The van der Waals surface area contributed by atoms with E-state index in [0.717, 1.165) is 0 Å². The molecule has 1 heterocycles. The zero-order valence-corrected chi connectivity index (χ0v) is 9.88. The second-order valence-corrected chi connectivity index (χ2v) is 4.44. The van der Waals surface area contributed by atoms with Gasteiger partial charge in [-0.05, 0) is 5.92 Å². The summed E-state index contributed by atoms with van der Waals surface area (Å²) in [7, 11) is 0. The Kier molecular flexibility index (Phi) is 4.77. The van der Waals surface area contributed by atoms with Gasteiger partial charge in [-0.25, -0.2) is 0 Å². The Bertz CT molecular complexity index is 241. The van der Waals surface area contributed by atoms with Gasteiger partial charge in [-0.1, -0.05) is 13.8 Å². The van der Waals surface area contributed by atoms with Crippen molar-refractivity contribution in [3.8, 4) is 0 Å². The molecule has 2 unspecified atom stereocenters. The maximum Gasteiger partial charge on any atom is 0.522 e. The molecule has 1 aliphatic heterocycles. The number of rotatable bonds is 4. The van der Waals surface area contributed by atoms with Crippen LogP contribution in [0.15, 0.2) is 0 Å². The highest BCUT2D eigenvalue weighted by atomic mass is 19.4. The summed E-state index contributed by atoms with van der Waals surface area (Å²) in [6, 6.07) is 0. The predicted molar refractivity (Wildman–Crippen MR) is 54.4 cm³/mol. The lowest BCUT2D eigenvalue weighted by Crippen LogP contribution is -2.58. The molecule has 0 aromatic heterocycles. The van der Waals surface area contributed by atoms with Gasteiger partial charge in [0.2, 0.25) is 0 Å². The normalized spacial score (nSPS) is 25.9. The Morgan fingerprint density at radius 3 is 2.53 bits per heavy atom. The van der Waals surface area contributed by atoms with Crippen LogP contribution in [0.4, 0.5) is 13.2 Å². The largest absolute Gasteiger partial charge is 0.522 e. The number of nitrogens with one attached hydrogen (secondary N) is 1. The summed E-state index contributed by atoms with van der Waals surface area (Å²) in [5.74, 6) is -0.408. The summed E-state index contributed by atoms with van der Waals surface area (Å²) >= 11 is 0. The van der Waals surface area contributed by atoms with Crippen LogP contribution < -0.4 is 5.32 Å². The third-order valence-electron chi connectivity index (χ3n) is 2.95. The number of halogens is 3. The maximum absolute atomic E-state index is 12.0. The molecule has 2 atom stereocenters. The van der Waals surface area contributed by atoms with Gasteiger partial charge in [-0.15, -0.1) is 13.2 Å². The first-order valence-corrected chi connectivity index (χ1v) is 5.51. The molecular weight excluding hydrogens is 239 g/mol. The molecule has 2 N–H and O–H groups in total. The van der Waals surface area contributed by atoms with Crippen LogP contribution >= 0.6 is 0 Å². The lowest BCUT2D eigenvalue weighted by molar-refractivity contribution is -0.345. The van der Waals surface area contributed by atoms with Crippen LogP contribution in [0.3, 0.4) is 0 Å². The molecule has 0 radical (unpaired) electrons. The molecule has 0 saturated carbocycles. The highest BCUT2D eigenvalue weighted by Gasteiger charge is 2.45. The topological polar surface area (TPSA) is 50.7 Å².